The van der Waals surface area contributed by atoms with Gasteiger partial charge in [-0.2, -0.15) is 0 Å². The van der Waals surface area contributed by atoms with Crippen LogP contribution in [0.2, 0.25) is 0 Å². The fourth-order valence-electron chi connectivity index (χ4n) is 2.51. The summed E-state index contributed by atoms with van der Waals surface area (Å²) in [4.78, 5) is 0. The van der Waals surface area contributed by atoms with Crippen LogP contribution in [0.3, 0.4) is 0 Å². The van der Waals surface area contributed by atoms with E-state index in [-0.39, 0.29) is 12.2 Å². The molecule has 0 radical (unpaired) electrons. The Bertz CT molecular complexity index is 243. The zero-order valence-corrected chi connectivity index (χ0v) is 13.4. The normalized spacial score (nSPS) is 23.9. The molecule has 0 aromatic heterocycles. The summed E-state index contributed by atoms with van der Waals surface area (Å²) in [6.45, 7) is 5.86. The number of hydrogen-bond donors (Lipinski definition) is 0. The molecule has 1 fully saturated rings. The first kappa shape index (κ1) is 17.5. The van der Waals surface area contributed by atoms with Crippen LogP contribution in [0.1, 0.15) is 65.2 Å². The Morgan fingerprint density at radius 3 is 1.60 bits per heavy atom. The van der Waals surface area contributed by atoms with Crippen molar-refractivity contribution in [2.45, 2.75) is 77.4 Å². The van der Waals surface area contributed by atoms with Gasteiger partial charge >= 0.3 is 0 Å². The molecule has 0 aromatic carbocycles. The molecule has 0 bridgehead atoms. The van der Waals surface area contributed by atoms with E-state index in [4.69, 9.17) is 9.47 Å². The molecule has 0 heterocycles. The van der Waals surface area contributed by atoms with E-state index in [1.54, 1.807) is 0 Å². The number of allylic oxidation sites excluding steroid dienone is 2. The van der Waals surface area contributed by atoms with Gasteiger partial charge in [-0.1, -0.05) is 63.8 Å². The summed E-state index contributed by atoms with van der Waals surface area (Å²) in [5.41, 5.74) is 0. The van der Waals surface area contributed by atoms with Gasteiger partial charge in [-0.25, -0.2) is 0 Å². The van der Waals surface area contributed by atoms with Crippen LogP contribution in [0.25, 0.3) is 0 Å². The first-order chi connectivity index (χ1) is 9.88. The zero-order valence-electron chi connectivity index (χ0n) is 13.4. The van der Waals surface area contributed by atoms with Gasteiger partial charge in [-0.15, -0.1) is 0 Å². The summed E-state index contributed by atoms with van der Waals surface area (Å²) in [5.74, 6) is 0. The van der Waals surface area contributed by atoms with Crippen molar-refractivity contribution in [1.29, 1.82) is 0 Å². The standard InChI is InChI=1S/C18H32O2/c1-3-5-7-11-15-19-17-13-9-10-14-18(17)20-16-12-8-6-4-2/h7-8,11-12,17-18H,3-6,9-10,13-16H2,1-2H3/b11-7+,12-8+. The van der Waals surface area contributed by atoms with Gasteiger partial charge in [0.05, 0.1) is 25.4 Å². The van der Waals surface area contributed by atoms with Crippen molar-refractivity contribution >= 4 is 0 Å². The second-order valence-electron chi connectivity index (χ2n) is 5.55. The van der Waals surface area contributed by atoms with Crippen molar-refractivity contribution in [1.82, 2.24) is 0 Å². The van der Waals surface area contributed by atoms with E-state index < -0.39 is 0 Å². The zero-order chi connectivity index (χ0) is 14.5. The van der Waals surface area contributed by atoms with Crippen molar-refractivity contribution in [3.63, 3.8) is 0 Å². The first-order valence-electron chi connectivity index (χ1n) is 8.41. The number of rotatable bonds is 10. The smallest absolute Gasteiger partial charge is 0.0841 e. The number of unbranched alkanes of at least 4 members (excludes halogenated alkanes) is 2. The Kier molecular flexibility index (Phi) is 10.6. The quantitative estimate of drug-likeness (QED) is 0.522. The van der Waals surface area contributed by atoms with Gasteiger partial charge in [0.2, 0.25) is 0 Å². The number of ether oxygens (including phenoxy) is 2. The van der Waals surface area contributed by atoms with Crippen LogP contribution in [0, 0.1) is 0 Å². The fourth-order valence-corrected chi connectivity index (χ4v) is 2.51. The van der Waals surface area contributed by atoms with Gasteiger partial charge < -0.3 is 9.47 Å². The monoisotopic (exact) mass is 280 g/mol. The summed E-state index contributed by atoms with van der Waals surface area (Å²) >= 11 is 0. The van der Waals surface area contributed by atoms with E-state index in [9.17, 15) is 0 Å². The van der Waals surface area contributed by atoms with Crippen molar-refractivity contribution in [3.8, 4) is 0 Å². The lowest BCUT2D eigenvalue weighted by Gasteiger charge is -2.30. The van der Waals surface area contributed by atoms with Crippen molar-refractivity contribution < 1.29 is 9.47 Å². The highest BCUT2D eigenvalue weighted by molar-refractivity contribution is 4.85. The first-order valence-corrected chi connectivity index (χ1v) is 8.41. The maximum absolute atomic E-state index is 5.98. The second-order valence-corrected chi connectivity index (χ2v) is 5.55. The molecule has 2 heteroatoms. The molecular formula is C18H32O2. The summed E-state index contributed by atoms with van der Waals surface area (Å²) < 4.78 is 12.0. The second kappa shape index (κ2) is 12.2. The topological polar surface area (TPSA) is 18.5 Å². The van der Waals surface area contributed by atoms with Gasteiger partial charge in [-0.05, 0) is 25.7 Å². The molecule has 1 rings (SSSR count). The van der Waals surface area contributed by atoms with Gasteiger partial charge in [0.25, 0.3) is 0 Å². The van der Waals surface area contributed by atoms with E-state index >= 15 is 0 Å². The lowest BCUT2D eigenvalue weighted by atomic mass is 9.94. The fraction of sp³-hybridized carbons (Fsp3) is 0.778. The van der Waals surface area contributed by atoms with Crippen LogP contribution in [-0.2, 0) is 9.47 Å². The Morgan fingerprint density at radius 1 is 0.750 bits per heavy atom. The van der Waals surface area contributed by atoms with Crippen LogP contribution in [0.15, 0.2) is 24.3 Å². The lowest BCUT2D eigenvalue weighted by molar-refractivity contribution is -0.0783. The summed E-state index contributed by atoms with van der Waals surface area (Å²) in [6.07, 6.45) is 18.8. The molecule has 2 unspecified atom stereocenters. The predicted octanol–water partition coefficient (Wildman–Crippen LogP) is 5.04. The SMILES string of the molecule is CCC/C=C/COC1CCCCC1OC/C=C/CCC. The third kappa shape index (κ3) is 7.86. The maximum Gasteiger partial charge on any atom is 0.0841 e. The lowest BCUT2D eigenvalue weighted by Crippen LogP contribution is -2.35. The van der Waals surface area contributed by atoms with E-state index in [1.807, 2.05) is 0 Å². The molecule has 1 saturated carbocycles. The van der Waals surface area contributed by atoms with Crippen LogP contribution in [0.5, 0.6) is 0 Å². The van der Waals surface area contributed by atoms with Crippen LogP contribution in [-0.4, -0.2) is 25.4 Å². The highest BCUT2D eigenvalue weighted by atomic mass is 16.5. The molecule has 0 saturated heterocycles. The maximum atomic E-state index is 5.98. The van der Waals surface area contributed by atoms with Gasteiger partial charge in [0.15, 0.2) is 0 Å². The molecule has 0 aliphatic heterocycles. The Hall–Kier alpha value is -0.600. The molecule has 0 amide bonds. The molecule has 0 N–H and O–H groups in total. The minimum absolute atomic E-state index is 0.287. The van der Waals surface area contributed by atoms with Crippen molar-refractivity contribution in [3.05, 3.63) is 24.3 Å². The molecule has 2 nitrogen and oxygen atoms in total. The average molecular weight is 280 g/mol. The molecule has 116 valence electrons. The molecule has 20 heavy (non-hydrogen) atoms. The van der Waals surface area contributed by atoms with Gasteiger partial charge in [0.1, 0.15) is 0 Å². The highest BCUT2D eigenvalue weighted by Crippen LogP contribution is 2.24. The Labute approximate surface area is 125 Å². The summed E-state index contributed by atoms with van der Waals surface area (Å²) in [6, 6.07) is 0. The Balaban J connectivity index is 2.23. The molecule has 2 atom stereocenters. The third-order valence-corrected chi connectivity index (χ3v) is 3.70. The molecule has 0 spiro atoms. The largest absolute Gasteiger partial charge is 0.371 e. The molecule has 0 aromatic rings. The van der Waals surface area contributed by atoms with E-state index in [2.05, 4.69) is 38.2 Å². The van der Waals surface area contributed by atoms with E-state index in [0.717, 1.165) is 38.9 Å². The minimum Gasteiger partial charge on any atom is -0.371 e. The summed E-state index contributed by atoms with van der Waals surface area (Å²) in [7, 11) is 0. The molecular weight excluding hydrogens is 248 g/mol. The molecule has 1 aliphatic carbocycles. The van der Waals surface area contributed by atoms with Crippen LogP contribution >= 0.6 is 0 Å². The minimum atomic E-state index is 0.287. The van der Waals surface area contributed by atoms with Gasteiger partial charge in [-0.3, -0.25) is 0 Å². The van der Waals surface area contributed by atoms with Crippen molar-refractivity contribution in [2.24, 2.45) is 0 Å². The van der Waals surface area contributed by atoms with E-state index in [1.165, 1.54) is 25.7 Å². The number of hydrogen-bond acceptors (Lipinski definition) is 2. The molecule has 1 aliphatic rings. The third-order valence-electron chi connectivity index (χ3n) is 3.70. The van der Waals surface area contributed by atoms with Crippen molar-refractivity contribution in [2.75, 3.05) is 13.2 Å². The summed E-state index contributed by atoms with van der Waals surface area (Å²) in [5, 5.41) is 0. The highest BCUT2D eigenvalue weighted by Gasteiger charge is 2.25. The van der Waals surface area contributed by atoms with Gasteiger partial charge in [0, 0.05) is 0 Å². The van der Waals surface area contributed by atoms with E-state index in [0.29, 0.717) is 0 Å². The average Bonchev–Trinajstić information content (AvgIpc) is 2.48. The van der Waals surface area contributed by atoms with Crippen LogP contribution in [0.4, 0.5) is 0 Å². The Morgan fingerprint density at radius 2 is 1.20 bits per heavy atom. The predicted molar refractivity (Wildman–Crippen MR) is 86.0 cm³/mol. The van der Waals surface area contributed by atoms with Crippen LogP contribution < -0.4 is 0 Å².